The van der Waals surface area contributed by atoms with Crippen molar-refractivity contribution >= 4 is 0 Å². The fourth-order valence-electron chi connectivity index (χ4n) is 2.87. The molecule has 3 heteroatoms. The molecule has 0 saturated carbocycles. The van der Waals surface area contributed by atoms with Crippen LogP contribution in [0.25, 0.3) is 0 Å². The maximum absolute atomic E-state index is 6.11. The summed E-state index contributed by atoms with van der Waals surface area (Å²) in [7, 11) is 2.18. The molecule has 1 fully saturated rings. The number of hydrogen-bond acceptors (Lipinski definition) is 3. The monoisotopic (exact) mass is 218 g/mol. The molecule has 0 bridgehead atoms. The molecule has 3 nitrogen and oxygen atoms in total. The van der Waals surface area contributed by atoms with E-state index in [9.17, 15) is 0 Å². The van der Waals surface area contributed by atoms with Gasteiger partial charge < -0.3 is 9.64 Å². The largest absolute Gasteiger partial charge is 0.370 e. The zero-order valence-electron chi connectivity index (χ0n) is 9.78. The summed E-state index contributed by atoms with van der Waals surface area (Å²) in [5.41, 5.74) is 2.56. The van der Waals surface area contributed by atoms with Gasteiger partial charge in [0, 0.05) is 37.0 Å². The highest BCUT2D eigenvalue weighted by molar-refractivity contribution is 5.29. The van der Waals surface area contributed by atoms with E-state index in [2.05, 4.69) is 23.0 Å². The summed E-state index contributed by atoms with van der Waals surface area (Å²) in [5, 5.41) is 0. The Bertz CT molecular complexity index is 383. The third-order valence-electron chi connectivity index (χ3n) is 3.89. The van der Waals surface area contributed by atoms with Crippen molar-refractivity contribution in [1.82, 2.24) is 9.88 Å². The average molecular weight is 218 g/mol. The van der Waals surface area contributed by atoms with Gasteiger partial charge in [0.25, 0.3) is 0 Å². The number of hydrogen-bond donors (Lipinski definition) is 0. The predicted molar refractivity (Wildman–Crippen MR) is 62.3 cm³/mol. The Morgan fingerprint density at radius 1 is 1.38 bits per heavy atom. The maximum Gasteiger partial charge on any atom is 0.0973 e. The zero-order chi connectivity index (χ0) is 11.0. The van der Waals surface area contributed by atoms with Gasteiger partial charge in [-0.3, -0.25) is 4.98 Å². The van der Waals surface area contributed by atoms with Crippen LogP contribution in [0.4, 0.5) is 0 Å². The molecule has 2 aliphatic rings. The first kappa shape index (κ1) is 10.2. The van der Waals surface area contributed by atoms with Gasteiger partial charge in [0.15, 0.2) is 0 Å². The topological polar surface area (TPSA) is 25.4 Å². The lowest BCUT2D eigenvalue weighted by Gasteiger charge is -2.43. The Morgan fingerprint density at radius 3 is 3.00 bits per heavy atom. The number of rotatable bonds is 0. The number of piperidine rings is 1. The minimum absolute atomic E-state index is 0.0334. The van der Waals surface area contributed by atoms with E-state index in [0.29, 0.717) is 0 Å². The van der Waals surface area contributed by atoms with Gasteiger partial charge in [-0.1, -0.05) is 6.07 Å². The molecule has 1 aromatic heterocycles. The summed E-state index contributed by atoms with van der Waals surface area (Å²) < 4.78 is 6.11. The van der Waals surface area contributed by atoms with Gasteiger partial charge in [0.2, 0.25) is 0 Å². The molecule has 1 saturated heterocycles. The van der Waals surface area contributed by atoms with Crippen LogP contribution >= 0.6 is 0 Å². The highest BCUT2D eigenvalue weighted by Gasteiger charge is 2.40. The van der Waals surface area contributed by atoms with Crippen LogP contribution in [0.15, 0.2) is 18.3 Å². The summed E-state index contributed by atoms with van der Waals surface area (Å²) in [6.45, 7) is 3.07. The molecule has 0 N–H and O–H groups in total. The zero-order valence-corrected chi connectivity index (χ0v) is 9.78. The number of likely N-dealkylation sites (tertiary alicyclic amines) is 1. The number of ether oxygens (including phenoxy) is 1. The molecule has 3 heterocycles. The van der Waals surface area contributed by atoms with E-state index >= 15 is 0 Å². The van der Waals surface area contributed by atoms with Crippen molar-refractivity contribution < 1.29 is 4.74 Å². The summed E-state index contributed by atoms with van der Waals surface area (Å²) in [6, 6.07) is 4.24. The van der Waals surface area contributed by atoms with Crippen molar-refractivity contribution in [3.8, 4) is 0 Å². The van der Waals surface area contributed by atoms with Crippen molar-refractivity contribution in [2.45, 2.75) is 24.9 Å². The van der Waals surface area contributed by atoms with Gasteiger partial charge in [0.05, 0.1) is 12.2 Å². The first-order chi connectivity index (χ1) is 7.80. The van der Waals surface area contributed by atoms with Gasteiger partial charge in [-0.25, -0.2) is 0 Å². The molecule has 0 atom stereocenters. The molecule has 0 aromatic carbocycles. The van der Waals surface area contributed by atoms with E-state index in [0.717, 1.165) is 39.0 Å². The molecule has 0 radical (unpaired) electrons. The standard InChI is InChI=1S/C13H18N2O/c1-15-8-5-13(6-9-15)11-3-2-7-14-12(11)4-10-16-13/h2-3,7H,4-6,8-10H2,1H3. The Morgan fingerprint density at radius 2 is 2.19 bits per heavy atom. The minimum atomic E-state index is -0.0334. The number of nitrogens with zero attached hydrogens (tertiary/aromatic N) is 2. The van der Waals surface area contributed by atoms with Crippen molar-refractivity contribution in [3.05, 3.63) is 29.6 Å². The van der Waals surface area contributed by atoms with Gasteiger partial charge in [-0.2, -0.15) is 0 Å². The summed E-state index contributed by atoms with van der Waals surface area (Å²) in [6.07, 6.45) is 5.06. The van der Waals surface area contributed by atoms with Crippen LogP contribution in [-0.2, 0) is 16.8 Å². The van der Waals surface area contributed by atoms with E-state index in [4.69, 9.17) is 4.74 Å². The van der Waals surface area contributed by atoms with Crippen LogP contribution in [0, 0.1) is 0 Å². The van der Waals surface area contributed by atoms with Gasteiger partial charge >= 0.3 is 0 Å². The van der Waals surface area contributed by atoms with Crippen molar-refractivity contribution in [1.29, 1.82) is 0 Å². The molecule has 1 spiro atoms. The molecular formula is C13H18N2O. The molecule has 1 aromatic rings. The van der Waals surface area contributed by atoms with E-state index in [1.807, 2.05) is 12.3 Å². The SMILES string of the molecule is CN1CCC2(CC1)OCCc1ncccc12. The first-order valence-corrected chi connectivity index (χ1v) is 6.07. The van der Waals surface area contributed by atoms with Crippen LogP contribution in [-0.4, -0.2) is 36.6 Å². The Labute approximate surface area is 96.4 Å². The van der Waals surface area contributed by atoms with E-state index < -0.39 is 0 Å². The van der Waals surface area contributed by atoms with E-state index in [1.54, 1.807) is 0 Å². The van der Waals surface area contributed by atoms with Gasteiger partial charge in [-0.05, 0) is 26.0 Å². The van der Waals surface area contributed by atoms with Crippen LogP contribution in [0.5, 0.6) is 0 Å². The second-order valence-electron chi connectivity index (χ2n) is 4.89. The molecular weight excluding hydrogens is 200 g/mol. The highest BCUT2D eigenvalue weighted by atomic mass is 16.5. The molecule has 0 aliphatic carbocycles. The predicted octanol–water partition coefficient (Wildman–Crippen LogP) is 1.58. The first-order valence-electron chi connectivity index (χ1n) is 6.07. The molecule has 0 amide bonds. The Balaban J connectivity index is 1.97. The van der Waals surface area contributed by atoms with Crippen LogP contribution in [0.3, 0.4) is 0 Å². The van der Waals surface area contributed by atoms with Crippen LogP contribution in [0.1, 0.15) is 24.1 Å². The number of aromatic nitrogens is 1. The van der Waals surface area contributed by atoms with Crippen LogP contribution in [0.2, 0.25) is 0 Å². The second kappa shape index (κ2) is 3.82. The summed E-state index contributed by atoms with van der Waals surface area (Å²) >= 11 is 0. The third kappa shape index (κ3) is 1.55. The van der Waals surface area contributed by atoms with Crippen molar-refractivity contribution in [3.63, 3.8) is 0 Å². The van der Waals surface area contributed by atoms with E-state index in [1.165, 1.54) is 11.3 Å². The van der Waals surface area contributed by atoms with Crippen molar-refractivity contribution in [2.75, 3.05) is 26.7 Å². The molecule has 86 valence electrons. The van der Waals surface area contributed by atoms with Crippen LogP contribution < -0.4 is 0 Å². The highest BCUT2D eigenvalue weighted by Crippen LogP contribution is 2.40. The molecule has 0 unspecified atom stereocenters. The smallest absolute Gasteiger partial charge is 0.0973 e. The lowest BCUT2D eigenvalue weighted by molar-refractivity contribution is -0.0958. The van der Waals surface area contributed by atoms with Gasteiger partial charge in [0.1, 0.15) is 0 Å². The lowest BCUT2D eigenvalue weighted by Crippen LogP contribution is -2.45. The van der Waals surface area contributed by atoms with Crippen molar-refractivity contribution in [2.24, 2.45) is 0 Å². The quantitative estimate of drug-likeness (QED) is 0.661. The Kier molecular flexibility index (Phi) is 2.45. The molecule has 3 rings (SSSR count). The molecule has 16 heavy (non-hydrogen) atoms. The maximum atomic E-state index is 6.11. The minimum Gasteiger partial charge on any atom is -0.370 e. The summed E-state index contributed by atoms with van der Waals surface area (Å²) in [5.74, 6) is 0. The normalized spacial score (nSPS) is 24.3. The average Bonchev–Trinajstić information content (AvgIpc) is 2.34. The van der Waals surface area contributed by atoms with Gasteiger partial charge in [-0.15, -0.1) is 0 Å². The Hall–Kier alpha value is -0.930. The fourth-order valence-corrected chi connectivity index (χ4v) is 2.87. The molecule has 2 aliphatic heterocycles. The fraction of sp³-hybridized carbons (Fsp3) is 0.615. The summed E-state index contributed by atoms with van der Waals surface area (Å²) in [4.78, 5) is 6.87. The van der Waals surface area contributed by atoms with E-state index in [-0.39, 0.29) is 5.60 Å². The number of fused-ring (bicyclic) bond motifs is 2. The third-order valence-corrected chi connectivity index (χ3v) is 3.89. The number of pyridine rings is 1. The second-order valence-corrected chi connectivity index (χ2v) is 4.89. The lowest BCUT2D eigenvalue weighted by atomic mass is 9.81.